The average molecular weight is 378 g/mol. The monoisotopic (exact) mass is 377 g/mol. The molecule has 5 nitrogen and oxygen atoms in total. The highest BCUT2D eigenvalue weighted by Gasteiger charge is 2.14. The highest BCUT2D eigenvalue weighted by molar-refractivity contribution is 7.92. The fourth-order valence-electron chi connectivity index (χ4n) is 2.04. The molecular formula is C17H13ClFN3O2S. The van der Waals surface area contributed by atoms with Crippen LogP contribution in [0.5, 0.6) is 0 Å². The van der Waals surface area contributed by atoms with Crippen LogP contribution in [0.25, 0.3) is 0 Å². The molecule has 1 heterocycles. The molecule has 0 atom stereocenters. The van der Waals surface area contributed by atoms with Gasteiger partial charge in [0.05, 0.1) is 16.8 Å². The van der Waals surface area contributed by atoms with Crippen LogP contribution in [0.3, 0.4) is 0 Å². The summed E-state index contributed by atoms with van der Waals surface area (Å²) in [6.07, 6.45) is 1.39. The van der Waals surface area contributed by atoms with E-state index < -0.39 is 15.8 Å². The standard InChI is InChI=1S/C17H13ClFN3O2S/c18-12-1-5-14(6-2-12)21-17-10-7-15(11-20-17)22-25(23,24)16-8-3-13(19)4-9-16/h1-11,22H,(H,20,21). The van der Waals surface area contributed by atoms with Crippen molar-refractivity contribution in [1.29, 1.82) is 0 Å². The SMILES string of the molecule is O=S(=O)(Nc1ccc(Nc2ccc(Cl)cc2)nc1)c1ccc(F)cc1. The minimum Gasteiger partial charge on any atom is -0.340 e. The molecule has 0 unspecified atom stereocenters. The van der Waals surface area contributed by atoms with E-state index in [0.29, 0.717) is 16.5 Å². The van der Waals surface area contributed by atoms with Crippen LogP contribution < -0.4 is 10.0 Å². The molecule has 0 aliphatic heterocycles. The van der Waals surface area contributed by atoms with Gasteiger partial charge in [-0.25, -0.2) is 17.8 Å². The van der Waals surface area contributed by atoms with E-state index >= 15 is 0 Å². The molecule has 0 aliphatic rings. The van der Waals surface area contributed by atoms with Crippen molar-refractivity contribution in [3.05, 3.63) is 77.7 Å². The zero-order valence-corrected chi connectivity index (χ0v) is 14.4. The predicted octanol–water partition coefficient (Wildman–Crippen LogP) is 4.42. The minimum atomic E-state index is -3.80. The maximum Gasteiger partial charge on any atom is 0.261 e. The topological polar surface area (TPSA) is 71.1 Å². The summed E-state index contributed by atoms with van der Waals surface area (Å²) in [7, 11) is -3.80. The van der Waals surface area contributed by atoms with Gasteiger partial charge < -0.3 is 5.32 Å². The normalized spacial score (nSPS) is 11.1. The smallest absolute Gasteiger partial charge is 0.261 e. The summed E-state index contributed by atoms with van der Waals surface area (Å²) < 4.78 is 39.8. The van der Waals surface area contributed by atoms with Crippen LogP contribution in [0.4, 0.5) is 21.6 Å². The van der Waals surface area contributed by atoms with Gasteiger partial charge in [0.25, 0.3) is 10.0 Å². The van der Waals surface area contributed by atoms with Crippen molar-refractivity contribution in [1.82, 2.24) is 4.98 Å². The number of sulfonamides is 1. The first-order valence-electron chi connectivity index (χ1n) is 7.19. The van der Waals surface area contributed by atoms with Gasteiger partial charge in [0, 0.05) is 10.7 Å². The van der Waals surface area contributed by atoms with Crippen molar-refractivity contribution in [2.45, 2.75) is 4.90 Å². The molecule has 2 N–H and O–H groups in total. The third-order valence-electron chi connectivity index (χ3n) is 3.26. The number of rotatable bonds is 5. The van der Waals surface area contributed by atoms with Crippen molar-refractivity contribution in [2.75, 3.05) is 10.0 Å². The molecule has 0 aliphatic carbocycles. The average Bonchev–Trinajstić information content (AvgIpc) is 2.59. The highest BCUT2D eigenvalue weighted by atomic mass is 35.5. The van der Waals surface area contributed by atoms with Gasteiger partial charge in [0.2, 0.25) is 0 Å². The van der Waals surface area contributed by atoms with Crippen molar-refractivity contribution >= 4 is 38.8 Å². The van der Waals surface area contributed by atoms with Gasteiger partial charge in [0.1, 0.15) is 11.6 Å². The number of pyridine rings is 1. The molecule has 0 spiro atoms. The molecule has 3 rings (SSSR count). The van der Waals surface area contributed by atoms with Crippen LogP contribution in [0.15, 0.2) is 71.8 Å². The first kappa shape index (κ1) is 17.2. The fraction of sp³-hybridized carbons (Fsp3) is 0. The number of benzene rings is 2. The number of anilines is 3. The second-order valence-electron chi connectivity index (χ2n) is 5.12. The lowest BCUT2D eigenvalue weighted by Crippen LogP contribution is -2.13. The van der Waals surface area contributed by atoms with E-state index in [1.54, 1.807) is 36.4 Å². The lowest BCUT2D eigenvalue weighted by molar-refractivity contribution is 0.599. The van der Waals surface area contributed by atoms with E-state index in [1.807, 2.05) is 0 Å². The molecule has 0 bridgehead atoms. The van der Waals surface area contributed by atoms with E-state index in [2.05, 4.69) is 15.0 Å². The van der Waals surface area contributed by atoms with Gasteiger partial charge in [-0.1, -0.05) is 11.6 Å². The zero-order chi connectivity index (χ0) is 17.9. The number of hydrogen-bond donors (Lipinski definition) is 2. The van der Waals surface area contributed by atoms with Crippen LogP contribution in [0.1, 0.15) is 0 Å². The van der Waals surface area contributed by atoms with E-state index in [1.165, 1.54) is 18.3 Å². The minimum absolute atomic E-state index is 0.0303. The van der Waals surface area contributed by atoms with Crippen molar-refractivity contribution in [2.24, 2.45) is 0 Å². The summed E-state index contributed by atoms with van der Waals surface area (Å²) in [6, 6.07) is 14.9. The second-order valence-corrected chi connectivity index (χ2v) is 7.24. The maximum absolute atomic E-state index is 12.9. The van der Waals surface area contributed by atoms with Crippen molar-refractivity contribution < 1.29 is 12.8 Å². The maximum atomic E-state index is 12.9. The molecule has 0 saturated heterocycles. The molecule has 1 aromatic heterocycles. The predicted molar refractivity (Wildman–Crippen MR) is 96.2 cm³/mol. The second kappa shape index (κ2) is 7.08. The molecule has 2 aromatic carbocycles. The van der Waals surface area contributed by atoms with E-state index in [4.69, 9.17) is 11.6 Å². The van der Waals surface area contributed by atoms with Crippen molar-refractivity contribution in [3.8, 4) is 0 Å². The molecule has 8 heteroatoms. The van der Waals surface area contributed by atoms with Crippen LogP contribution in [-0.4, -0.2) is 13.4 Å². The first-order valence-corrected chi connectivity index (χ1v) is 9.05. The lowest BCUT2D eigenvalue weighted by Gasteiger charge is -2.09. The lowest BCUT2D eigenvalue weighted by atomic mass is 10.3. The summed E-state index contributed by atoms with van der Waals surface area (Å²) in [6.45, 7) is 0. The van der Waals surface area contributed by atoms with Gasteiger partial charge in [-0.05, 0) is 60.7 Å². The largest absolute Gasteiger partial charge is 0.340 e. The summed E-state index contributed by atoms with van der Waals surface area (Å²) in [5, 5.41) is 3.70. The summed E-state index contributed by atoms with van der Waals surface area (Å²) in [5.41, 5.74) is 1.10. The number of nitrogens with zero attached hydrogens (tertiary/aromatic N) is 1. The Morgan fingerprint density at radius 1 is 0.880 bits per heavy atom. The number of halogens is 2. The molecule has 25 heavy (non-hydrogen) atoms. The van der Waals surface area contributed by atoms with Crippen LogP contribution in [0, 0.1) is 5.82 Å². The van der Waals surface area contributed by atoms with Gasteiger partial charge >= 0.3 is 0 Å². The molecule has 3 aromatic rings. The molecule has 0 amide bonds. The van der Waals surface area contributed by atoms with Crippen LogP contribution >= 0.6 is 11.6 Å². The summed E-state index contributed by atoms with van der Waals surface area (Å²) in [4.78, 5) is 4.13. The van der Waals surface area contributed by atoms with E-state index in [0.717, 1.165) is 17.8 Å². The Bertz CT molecular complexity index is 960. The Morgan fingerprint density at radius 3 is 2.12 bits per heavy atom. The number of aromatic nitrogens is 1. The van der Waals surface area contributed by atoms with Gasteiger partial charge in [-0.2, -0.15) is 0 Å². The first-order chi connectivity index (χ1) is 11.9. The van der Waals surface area contributed by atoms with Gasteiger partial charge in [0.15, 0.2) is 0 Å². The third-order valence-corrected chi connectivity index (χ3v) is 4.91. The number of hydrogen-bond acceptors (Lipinski definition) is 4. The highest BCUT2D eigenvalue weighted by Crippen LogP contribution is 2.20. The molecule has 128 valence electrons. The zero-order valence-electron chi connectivity index (χ0n) is 12.8. The Hall–Kier alpha value is -2.64. The Labute approximate surface area is 149 Å². The van der Waals surface area contributed by atoms with Crippen molar-refractivity contribution in [3.63, 3.8) is 0 Å². The molecule has 0 radical (unpaired) electrons. The summed E-state index contributed by atoms with van der Waals surface area (Å²) in [5.74, 6) is 0.0466. The van der Waals surface area contributed by atoms with Crippen LogP contribution in [-0.2, 0) is 10.0 Å². The van der Waals surface area contributed by atoms with Crippen LogP contribution in [0.2, 0.25) is 5.02 Å². The molecular weight excluding hydrogens is 365 g/mol. The third kappa shape index (κ3) is 4.46. The molecule has 0 fully saturated rings. The Kier molecular flexibility index (Phi) is 4.87. The van der Waals surface area contributed by atoms with Gasteiger partial charge in [-0.3, -0.25) is 4.72 Å². The Balaban J connectivity index is 1.71. The molecule has 0 saturated carbocycles. The quantitative estimate of drug-likeness (QED) is 0.690. The number of nitrogens with one attached hydrogen (secondary N) is 2. The van der Waals surface area contributed by atoms with E-state index in [-0.39, 0.29) is 4.90 Å². The fourth-order valence-corrected chi connectivity index (χ4v) is 3.21. The van der Waals surface area contributed by atoms with Gasteiger partial charge in [-0.15, -0.1) is 0 Å². The summed E-state index contributed by atoms with van der Waals surface area (Å²) >= 11 is 5.83. The Morgan fingerprint density at radius 2 is 1.52 bits per heavy atom. The van der Waals surface area contributed by atoms with E-state index in [9.17, 15) is 12.8 Å².